The quantitative estimate of drug-likeness (QED) is 0.868. The van der Waals surface area contributed by atoms with E-state index in [0.29, 0.717) is 22.8 Å². The van der Waals surface area contributed by atoms with Crippen LogP contribution in [0.4, 0.5) is 5.69 Å². The van der Waals surface area contributed by atoms with E-state index in [1.807, 2.05) is 0 Å². The van der Waals surface area contributed by atoms with Crippen molar-refractivity contribution >= 4 is 23.5 Å². The molecule has 3 rings (SSSR count). The van der Waals surface area contributed by atoms with Gasteiger partial charge < -0.3 is 24.5 Å². The first-order valence-electron chi connectivity index (χ1n) is 7.96. The minimum absolute atomic E-state index is 0.0674. The van der Waals surface area contributed by atoms with Crippen LogP contribution in [0.3, 0.4) is 0 Å². The summed E-state index contributed by atoms with van der Waals surface area (Å²) in [4.78, 5) is 37.0. The summed E-state index contributed by atoms with van der Waals surface area (Å²) in [5.41, 5.74) is 0.811. The molecule has 0 aliphatic carbocycles. The van der Waals surface area contributed by atoms with Crippen LogP contribution in [-0.4, -0.2) is 40.9 Å². The SMILES string of the molecule is Cc1oc(CN(C)C(=O)c2cccc3c2O[C@H](C)C(=O)N3)cc1C(=O)O. The zero-order valence-electron chi connectivity index (χ0n) is 14.5. The lowest BCUT2D eigenvalue weighted by Gasteiger charge is -2.26. The number of fused-ring (bicyclic) bond motifs is 1. The standard InChI is InChI=1S/C18H18N2O6/c1-9-13(18(23)24)7-11(25-9)8-20(3)17(22)12-5-4-6-14-15(12)26-10(2)16(21)19-14/h4-7,10H,8H2,1-3H3,(H,19,21)(H,23,24)/t10-/m1/s1. The van der Waals surface area contributed by atoms with Gasteiger partial charge in [0.15, 0.2) is 11.9 Å². The minimum atomic E-state index is -1.08. The number of carboxylic acid groups (broad SMARTS) is 1. The predicted molar refractivity (Wildman–Crippen MR) is 91.4 cm³/mol. The molecule has 1 aliphatic rings. The molecule has 136 valence electrons. The van der Waals surface area contributed by atoms with E-state index in [1.165, 1.54) is 11.0 Å². The second kappa shape index (κ2) is 6.55. The monoisotopic (exact) mass is 358 g/mol. The fourth-order valence-electron chi connectivity index (χ4n) is 2.74. The Labute approximate surface area is 149 Å². The average Bonchev–Trinajstić information content (AvgIpc) is 2.95. The molecule has 8 heteroatoms. The van der Waals surface area contributed by atoms with Crippen LogP contribution in [0.5, 0.6) is 5.75 Å². The summed E-state index contributed by atoms with van der Waals surface area (Å²) in [5.74, 6) is -0.729. The molecule has 2 aromatic rings. The molecule has 8 nitrogen and oxygen atoms in total. The predicted octanol–water partition coefficient (Wildman–Crippen LogP) is 2.28. The van der Waals surface area contributed by atoms with E-state index < -0.39 is 12.1 Å². The highest BCUT2D eigenvalue weighted by Gasteiger charge is 2.29. The molecule has 0 saturated heterocycles. The molecule has 1 atom stereocenters. The normalized spacial score (nSPS) is 15.7. The van der Waals surface area contributed by atoms with Crippen molar-refractivity contribution < 1.29 is 28.6 Å². The maximum Gasteiger partial charge on any atom is 0.339 e. The van der Waals surface area contributed by atoms with Gasteiger partial charge in [0.05, 0.1) is 17.8 Å². The van der Waals surface area contributed by atoms with Crippen molar-refractivity contribution in [2.75, 3.05) is 12.4 Å². The van der Waals surface area contributed by atoms with Crippen molar-refractivity contribution in [1.29, 1.82) is 0 Å². The van der Waals surface area contributed by atoms with Gasteiger partial charge in [-0.15, -0.1) is 0 Å². The summed E-state index contributed by atoms with van der Waals surface area (Å²) in [6, 6.07) is 6.32. The molecule has 1 aliphatic heterocycles. The number of hydrogen-bond acceptors (Lipinski definition) is 5. The van der Waals surface area contributed by atoms with E-state index in [9.17, 15) is 14.4 Å². The van der Waals surface area contributed by atoms with Crippen molar-refractivity contribution in [2.24, 2.45) is 0 Å². The van der Waals surface area contributed by atoms with E-state index >= 15 is 0 Å². The number of furan rings is 1. The van der Waals surface area contributed by atoms with Crippen LogP contribution in [0, 0.1) is 6.92 Å². The largest absolute Gasteiger partial charge is 0.478 e. The number of para-hydroxylation sites is 1. The summed E-state index contributed by atoms with van der Waals surface area (Å²) in [6.45, 7) is 3.25. The number of amides is 2. The lowest BCUT2D eigenvalue weighted by molar-refractivity contribution is -0.122. The minimum Gasteiger partial charge on any atom is -0.478 e. The summed E-state index contributed by atoms with van der Waals surface area (Å²) in [6.07, 6.45) is -0.701. The van der Waals surface area contributed by atoms with Crippen LogP contribution in [0.15, 0.2) is 28.7 Å². The number of carbonyl (C=O) groups is 3. The topological polar surface area (TPSA) is 109 Å². The van der Waals surface area contributed by atoms with E-state index in [0.717, 1.165) is 0 Å². The van der Waals surface area contributed by atoms with E-state index in [-0.39, 0.29) is 29.7 Å². The number of carbonyl (C=O) groups excluding carboxylic acids is 2. The fourth-order valence-corrected chi connectivity index (χ4v) is 2.74. The maximum atomic E-state index is 12.8. The fraction of sp³-hybridized carbons (Fsp3) is 0.278. The molecule has 1 aromatic heterocycles. The molecule has 1 aromatic carbocycles. The van der Waals surface area contributed by atoms with Crippen LogP contribution in [0.25, 0.3) is 0 Å². The Morgan fingerprint density at radius 3 is 2.69 bits per heavy atom. The number of nitrogens with one attached hydrogen (secondary N) is 1. The zero-order chi connectivity index (χ0) is 19.0. The van der Waals surface area contributed by atoms with Gasteiger partial charge >= 0.3 is 5.97 Å². The molecule has 2 N–H and O–H groups in total. The Morgan fingerprint density at radius 2 is 2.04 bits per heavy atom. The van der Waals surface area contributed by atoms with Crippen molar-refractivity contribution in [3.05, 3.63) is 46.9 Å². The van der Waals surface area contributed by atoms with Gasteiger partial charge in [0.2, 0.25) is 0 Å². The number of anilines is 1. The van der Waals surface area contributed by atoms with Gasteiger partial charge in [-0.1, -0.05) is 6.07 Å². The van der Waals surface area contributed by atoms with Crippen molar-refractivity contribution in [3.8, 4) is 5.75 Å². The summed E-state index contributed by atoms with van der Waals surface area (Å²) < 4.78 is 11.0. The molecular weight excluding hydrogens is 340 g/mol. The molecule has 0 unspecified atom stereocenters. The Bertz CT molecular complexity index is 901. The third-order valence-electron chi connectivity index (χ3n) is 4.11. The van der Waals surface area contributed by atoms with E-state index in [4.69, 9.17) is 14.3 Å². The van der Waals surface area contributed by atoms with Gasteiger partial charge in [0.25, 0.3) is 11.8 Å². The second-order valence-electron chi connectivity index (χ2n) is 6.08. The maximum absolute atomic E-state index is 12.8. The van der Waals surface area contributed by atoms with Gasteiger partial charge in [-0.25, -0.2) is 4.79 Å². The molecule has 2 heterocycles. The number of hydrogen-bond donors (Lipinski definition) is 2. The molecule has 0 bridgehead atoms. The first kappa shape index (κ1) is 17.5. The van der Waals surface area contributed by atoms with Gasteiger partial charge in [-0.3, -0.25) is 9.59 Å². The number of rotatable bonds is 4. The lowest BCUT2D eigenvalue weighted by atomic mass is 10.1. The molecule has 0 spiro atoms. The number of aryl methyl sites for hydroxylation is 1. The Kier molecular flexibility index (Phi) is 4.41. The summed E-state index contributed by atoms with van der Waals surface area (Å²) in [7, 11) is 1.57. The molecule has 0 saturated carbocycles. The van der Waals surface area contributed by atoms with Gasteiger partial charge in [-0.05, 0) is 32.0 Å². The van der Waals surface area contributed by atoms with Gasteiger partial charge in [-0.2, -0.15) is 0 Å². The van der Waals surface area contributed by atoms with Crippen molar-refractivity contribution in [2.45, 2.75) is 26.5 Å². The number of ether oxygens (including phenoxy) is 1. The molecule has 0 fully saturated rings. The third kappa shape index (κ3) is 3.13. The number of benzene rings is 1. The van der Waals surface area contributed by atoms with Gasteiger partial charge in [0.1, 0.15) is 17.1 Å². The number of aromatic carboxylic acids is 1. The average molecular weight is 358 g/mol. The van der Waals surface area contributed by atoms with Crippen LogP contribution in [0.1, 0.15) is 39.2 Å². The van der Waals surface area contributed by atoms with Crippen LogP contribution < -0.4 is 10.1 Å². The van der Waals surface area contributed by atoms with Crippen LogP contribution in [0.2, 0.25) is 0 Å². The number of nitrogens with zero attached hydrogens (tertiary/aromatic N) is 1. The highest BCUT2D eigenvalue weighted by molar-refractivity contribution is 6.03. The first-order valence-corrected chi connectivity index (χ1v) is 7.96. The highest BCUT2D eigenvalue weighted by Crippen LogP contribution is 2.34. The molecule has 26 heavy (non-hydrogen) atoms. The third-order valence-corrected chi connectivity index (χ3v) is 4.11. The Hall–Kier alpha value is -3.29. The van der Waals surface area contributed by atoms with Crippen molar-refractivity contribution in [1.82, 2.24) is 4.90 Å². The Morgan fingerprint density at radius 1 is 1.31 bits per heavy atom. The smallest absolute Gasteiger partial charge is 0.339 e. The molecule has 2 amide bonds. The summed E-state index contributed by atoms with van der Waals surface area (Å²) >= 11 is 0. The highest BCUT2D eigenvalue weighted by atomic mass is 16.5. The van der Waals surface area contributed by atoms with Crippen LogP contribution in [-0.2, 0) is 11.3 Å². The molecule has 0 radical (unpaired) electrons. The number of carboxylic acids is 1. The van der Waals surface area contributed by atoms with Gasteiger partial charge in [0, 0.05) is 7.05 Å². The van der Waals surface area contributed by atoms with E-state index in [1.54, 1.807) is 39.1 Å². The lowest BCUT2D eigenvalue weighted by Crippen LogP contribution is -2.36. The van der Waals surface area contributed by atoms with E-state index in [2.05, 4.69) is 5.32 Å². The zero-order valence-corrected chi connectivity index (χ0v) is 14.5. The first-order chi connectivity index (χ1) is 12.3. The second-order valence-corrected chi connectivity index (χ2v) is 6.08. The Balaban J connectivity index is 1.84. The molecular formula is C18H18N2O6. The van der Waals surface area contributed by atoms with Crippen LogP contribution >= 0.6 is 0 Å². The summed E-state index contributed by atoms with van der Waals surface area (Å²) in [5, 5.41) is 11.8. The van der Waals surface area contributed by atoms with Crippen molar-refractivity contribution in [3.63, 3.8) is 0 Å².